The minimum absolute atomic E-state index is 0.155. The highest BCUT2D eigenvalue weighted by Gasteiger charge is 2.22. The van der Waals surface area contributed by atoms with Gasteiger partial charge in [-0.3, -0.25) is 4.79 Å². The number of carbonyl (C=O) groups excluding carboxylic acids is 1. The van der Waals surface area contributed by atoms with Crippen LogP contribution >= 0.6 is 11.6 Å². The van der Waals surface area contributed by atoms with E-state index in [1.807, 2.05) is 13.0 Å². The number of hydrogen-bond donors (Lipinski definition) is 1. The smallest absolute Gasteiger partial charge is 0.256 e. The highest BCUT2D eigenvalue weighted by molar-refractivity contribution is 7.89. The lowest BCUT2D eigenvalue weighted by molar-refractivity contribution is 0.102. The molecule has 0 atom stereocenters. The van der Waals surface area contributed by atoms with E-state index in [-0.39, 0.29) is 10.8 Å². The summed E-state index contributed by atoms with van der Waals surface area (Å²) in [4.78, 5) is 12.9. The van der Waals surface area contributed by atoms with Gasteiger partial charge in [-0.25, -0.2) is 13.1 Å². The predicted octanol–water partition coefficient (Wildman–Crippen LogP) is 4.12. The molecule has 0 bridgehead atoms. The maximum absolute atomic E-state index is 12.7. The van der Waals surface area contributed by atoms with Crippen LogP contribution in [-0.2, 0) is 10.0 Å². The Balaban J connectivity index is 1.84. The maximum atomic E-state index is 12.7. The molecule has 3 rings (SSSR count). The molecule has 1 aromatic heterocycles. The number of rotatable bonds is 7. The van der Waals surface area contributed by atoms with Crippen LogP contribution in [0, 0.1) is 6.92 Å². The van der Waals surface area contributed by atoms with Gasteiger partial charge in [-0.05, 0) is 49.4 Å². The van der Waals surface area contributed by atoms with Gasteiger partial charge >= 0.3 is 0 Å². The lowest BCUT2D eigenvalue weighted by atomic mass is 10.2. The average Bonchev–Trinajstić information content (AvgIpc) is 3.09. The zero-order valence-electron chi connectivity index (χ0n) is 17.0. The van der Waals surface area contributed by atoms with Crippen LogP contribution in [0.5, 0.6) is 0 Å². The fourth-order valence-corrected chi connectivity index (χ4v) is 4.72. The summed E-state index contributed by atoms with van der Waals surface area (Å²) in [6, 6.07) is 14.8. The van der Waals surface area contributed by atoms with Crippen molar-refractivity contribution in [3.05, 3.63) is 70.9 Å². The first kappa shape index (κ1) is 22.0. The lowest BCUT2D eigenvalue weighted by Gasteiger charge is -2.18. The van der Waals surface area contributed by atoms with E-state index in [0.717, 1.165) is 5.69 Å². The molecule has 1 amide bonds. The fraction of sp³-hybridized carbons (Fsp3) is 0.238. The van der Waals surface area contributed by atoms with Gasteiger partial charge in [-0.2, -0.15) is 9.40 Å². The first-order valence-electron chi connectivity index (χ1n) is 9.50. The molecule has 0 aliphatic carbocycles. The van der Waals surface area contributed by atoms with Crippen molar-refractivity contribution in [2.24, 2.45) is 0 Å². The third-order valence-electron chi connectivity index (χ3n) is 4.59. The summed E-state index contributed by atoms with van der Waals surface area (Å²) >= 11 is 6.07. The van der Waals surface area contributed by atoms with Crippen molar-refractivity contribution in [3.8, 4) is 5.69 Å². The van der Waals surface area contributed by atoms with E-state index in [1.54, 1.807) is 42.8 Å². The van der Waals surface area contributed by atoms with Crippen LogP contribution in [0.3, 0.4) is 0 Å². The molecule has 0 radical (unpaired) electrons. The summed E-state index contributed by atoms with van der Waals surface area (Å²) in [5, 5.41) is 7.80. The van der Waals surface area contributed by atoms with Crippen molar-refractivity contribution in [1.29, 1.82) is 0 Å². The van der Waals surface area contributed by atoms with E-state index in [9.17, 15) is 13.2 Å². The Labute approximate surface area is 181 Å². The van der Waals surface area contributed by atoms with Crippen LogP contribution in [0.25, 0.3) is 5.69 Å². The third kappa shape index (κ3) is 4.56. The average molecular weight is 447 g/mol. The molecule has 2 aromatic carbocycles. The monoisotopic (exact) mass is 446 g/mol. The summed E-state index contributed by atoms with van der Waals surface area (Å²) in [7, 11) is -3.57. The summed E-state index contributed by atoms with van der Waals surface area (Å²) in [6.07, 6.45) is 0. The Morgan fingerprint density at radius 1 is 1.10 bits per heavy atom. The Bertz CT molecular complexity index is 1150. The summed E-state index contributed by atoms with van der Waals surface area (Å²) < 4.78 is 28.2. The molecular weight excluding hydrogens is 424 g/mol. The molecular formula is C21H23ClN4O3S. The molecule has 0 unspecified atom stereocenters. The number of hydrogen-bond acceptors (Lipinski definition) is 4. The first-order chi connectivity index (χ1) is 14.3. The summed E-state index contributed by atoms with van der Waals surface area (Å²) in [6.45, 7) is 6.16. The molecule has 0 aliphatic rings. The van der Waals surface area contributed by atoms with Gasteiger partial charge in [0, 0.05) is 29.7 Å². The molecule has 30 heavy (non-hydrogen) atoms. The van der Waals surface area contributed by atoms with Gasteiger partial charge in [-0.1, -0.05) is 31.5 Å². The topological polar surface area (TPSA) is 84.3 Å². The predicted molar refractivity (Wildman–Crippen MR) is 118 cm³/mol. The van der Waals surface area contributed by atoms with E-state index in [0.29, 0.717) is 35.2 Å². The Hall–Kier alpha value is -2.68. The number of nitrogens with one attached hydrogen (secondary N) is 1. The van der Waals surface area contributed by atoms with Gasteiger partial charge < -0.3 is 5.32 Å². The molecule has 0 saturated heterocycles. The van der Waals surface area contributed by atoms with Crippen molar-refractivity contribution in [1.82, 2.24) is 14.1 Å². The number of aryl methyl sites for hydroxylation is 1. The maximum Gasteiger partial charge on any atom is 0.256 e. The number of halogens is 1. The fourth-order valence-electron chi connectivity index (χ4n) is 3.07. The molecule has 0 spiro atoms. The van der Waals surface area contributed by atoms with Gasteiger partial charge in [0.1, 0.15) is 5.82 Å². The van der Waals surface area contributed by atoms with E-state index in [2.05, 4.69) is 10.4 Å². The molecule has 158 valence electrons. The van der Waals surface area contributed by atoms with Gasteiger partial charge in [0.15, 0.2) is 0 Å². The van der Waals surface area contributed by atoms with Crippen molar-refractivity contribution < 1.29 is 13.2 Å². The molecule has 1 N–H and O–H groups in total. The minimum Gasteiger partial charge on any atom is -0.306 e. The van der Waals surface area contributed by atoms with E-state index in [1.165, 1.54) is 28.6 Å². The van der Waals surface area contributed by atoms with Crippen LogP contribution in [0.1, 0.15) is 29.9 Å². The quantitative estimate of drug-likeness (QED) is 0.591. The minimum atomic E-state index is -3.57. The molecule has 0 saturated carbocycles. The standard InChI is InChI=1S/C21H23ClN4O3S/c1-4-25(5-2)30(28,29)19-11-9-16(10-12-19)21(27)23-20-13-15(3)24-26(20)18-8-6-7-17(22)14-18/h6-14H,4-5H2,1-3H3,(H,23,27). The van der Waals surface area contributed by atoms with Gasteiger partial charge in [0.2, 0.25) is 10.0 Å². The second-order valence-electron chi connectivity index (χ2n) is 6.63. The Kier molecular flexibility index (Phi) is 6.60. The van der Waals surface area contributed by atoms with Crippen molar-refractivity contribution in [2.45, 2.75) is 25.7 Å². The number of nitrogens with zero attached hydrogens (tertiary/aromatic N) is 3. The normalized spacial score (nSPS) is 11.6. The number of carbonyl (C=O) groups is 1. The number of amides is 1. The zero-order valence-corrected chi connectivity index (χ0v) is 18.5. The van der Waals surface area contributed by atoms with Crippen LogP contribution in [0.15, 0.2) is 59.5 Å². The third-order valence-corrected chi connectivity index (χ3v) is 6.88. The first-order valence-corrected chi connectivity index (χ1v) is 11.3. The van der Waals surface area contributed by atoms with Gasteiger partial charge in [0.05, 0.1) is 16.3 Å². The molecule has 9 heteroatoms. The second kappa shape index (κ2) is 8.99. The van der Waals surface area contributed by atoms with E-state index in [4.69, 9.17) is 11.6 Å². The Morgan fingerprint density at radius 2 is 1.77 bits per heavy atom. The van der Waals surface area contributed by atoms with Gasteiger partial charge in [-0.15, -0.1) is 0 Å². The molecule has 3 aromatic rings. The van der Waals surface area contributed by atoms with Crippen molar-refractivity contribution >= 4 is 33.3 Å². The molecule has 0 fully saturated rings. The van der Waals surface area contributed by atoms with Crippen molar-refractivity contribution in [2.75, 3.05) is 18.4 Å². The molecule has 0 aliphatic heterocycles. The van der Waals surface area contributed by atoms with Crippen LogP contribution in [0.4, 0.5) is 5.82 Å². The second-order valence-corrected chi connectivity index (χ2v) is 9.00. The SMILES string of the molecule is CCN(CC)S(=O)(=O)c1ccc(C(=O)Nc2cc(C)nn2-c2cccc(Cl)c2)cc1. The van der Waals surface area contributed by atoms with Gasteiger partial charge in [0.25, 0.3) is 5.91 Å². The van der Waals surface area contributed by atoms with Crippen LogP contribution in [0.2, 0.25) is 5.02 Å². The number of anilines is 1. The van der Waals surface area contributed by atoms with E-state index < -0.39 is 10.0 Å². The molecule has 7 nitrogen and oxygen atoms in total. The summed E-state index contributed by atoms with van der Waals surface area (Å²) in [5.74, 6) is 0.115. The van der Waals surface area contributed by atoms with Crippen molar-refractivity contribution in [3.63, 3.8) is 0 Å². The van der Waals surface area contributed by atoms with E-state index >= 15 is 0 Å². The highest BCUT2D eigenvalue weighted by Crippen LogP contribution is 2.21. The number of benzene rings is 2. The van der Waals surface area contributed by atoms with Crippen LogP contribution < -0.4 is 5.32 Å². The zero-order chi connectivity index (χ0) is 21.9. The highest BCUT2D eigenvalue weighted by atomic mass is 35.5. The lowest BCUT2D eigenvalue weighted by Crippen LogP contribution is -2.30. The Morgan fingerprint density at radius 3 is 2.37 bits per heavy atom. The molecule has 1 heterocycles. The largest absolute Gasteiger partial charge is 0.306 e. The summed E-state index contributed by atoms with van der Waals surface area (Å²) in [5.41, 5.74) is 1.78. The van der Waals surface area contributed by atoms with Crippen LogP contribution in [-0.4, -0.2) is 41.5 Å². The number of sulfonamides is 1. The number of aromatic nitrogens is 2.